The summed E-state index contributed by atoms with van der Waals surface area (Å²) in [5.41, 5.74) is 1.64. The van der Waals surface area contributed by atoms with Gasteiger partial charge in [-0.3, -0.25) is 4.79 Å². The Kier molecular flexibility index (Phi) is 5.38. The lowest BCUT2D eigenvalue weighted by Crippen LogP contribution is -2.16. The number of hydrogen-bond donors (Lipinski definition) is 2. The van der Waals surface area contributed by atoms with Gasteiger partial charge in [0.1, 0.15) is 0 Å². The standard InChI is InChI=1S/C18H15ClN4O3S/c1-12-5-7-16(8-6-12)27(25,26)23-18-20-10-13(11-21-18)17(24)22-15-4-2-3-14(19)9-15/h2-11H,1H3,(H,22,24)(H,20,21,23). The first-order chi connectivity index (χ1) is 12.8. The number of nitrogens with one attached hydrogen (secondary N) is 2. The van der Waals surface area contributed by atoms with Crippen LogP contribution in [0.25, 0.3) is 0 Å². The zero-order chi connectivity index (χ0) is 19.4. The molecule has 27 heavy (non-hydrogen) atoms. The number of aromatic nitrogens is 2. The van der Waals surface area contributed by atoms with E-state index >= 15 is 0 Å². The Morgan fingerprint density at radius 2 is 1.70 bits per heavy atom. The molecular weight excluding hydrogens is 388 g/mol. The predicted octanol–water partition coefficient (Wildman–Crippen LogP) is 3.49. The van der Waals surface area contributed by atoms with E-state index in [1.807, 2.05) is 6.92 Å². The fourth-order valence-electron chi connectivity index (χ4n) is 2.16. The van der Waals surface area contributed by atoms with E-state index in [-0.39, 0.29) is 16.4 Å². The highest BCUT2D eigenvalue weighted by Gasteiger charge is 2.16. The normalized spacial score (nSPS) is 11.0. The van der Waals surface area contributed by atoms with Gasteiger partial charge in [0.15, 0.2) is 0 Å². The van der Waals surface area contributed by atoms with Gasteiger partial charge in [-0.15, -0.1) is 0 Å². The summed E-state index contributed by atoms with van der Waals surface area (Å²) in [7, 11) is -3.81. The Morgan fingerprint density at radius 1 is 1.04 bits per heavy atom. The van der Waals surface area contributed by atoms with Crippen LogP contribution in [0, 0.1) is 6.92 Å². The minimum Gasteiger partial charge on any atom is -0.322 e. The van der Waals surface area contributed by atoms with Crippen molar-refractivity contribution in [1.29, 1.82) is 0 Å². The van der Waals surface area contributed by atoms with Crippen LogP contribution in [0.5, 0.6) is 0 Å². The molecule has 0 spiro atoms. The number of hydrogen-bond acceptors (Lipinski definition) is 5. The van der Waals surface area contributed by atoms with Crippen molar-refractivity contribution in [3.05, 3.63) is 77.1 Å². The maximum atomic E-state index is 12.3. The van der Waals surface area contributed by atoms with E-state index < -0.39 is 15.9 Å². The number of nitrogens with zero attached hydrogens (tertiary/aromatic N) is 2. The third-order valence-electron chi connectivity index (χ3n) is 3.55. The molecule has 0 saturated carbocycles. The van der Waals surface area contributed by atoms with E-state index in [9.17, 15) is 13.2 Å². The topological polar surface area (TPSA) is 101 Å². The summed E-state index contributed by atoms with van der Waals surface area (Å²) in [5.74, 6) is -0.569. The van der Waals surface area contributed by atoms with Crippen LogP contribution in [0.3, 0.4) is 0 Å². The van der Waals surface area contributed by atoms with Crippen LogP contribution in [-0.4, -0.2) is 24.3 Å². The van der Waals surface area contributed by atoms with Crippen LogP contribution in [0.2, 0.25) is 5.02 Å². The third kappa shape index (κ3) is 4.81. The van der Waals surface area contributed by atoms with E-state index in [4.69, 9.17) is 11.6 Å². The van der Waals surface area contributed by atoms with E-state index in [1.165, 1.54) is 24.5 Å². The third-order valence-corrected chi connectivity index (χ3v) is 5.13. The lowest BCUT2D eigenvalue weighted by atomic mass is 10.2. The second-order valence-electron chi connectivity index (χ2n) is 5.68. The molecule has 2 aromatic carbocycles. The molecule has 0 aliphatic rings. The van der Waals surface area contributed by atoms with Gasteiger partial charge in [-0.05, 0) is 37.3 Å². The molecule has 0 fully saturated rings. The predicted molar refractivity (Wildman–Crippen MR) is 103 cm³/mol. The lowest BCUT2D eigenvalue weighted by molar-refractivity contribution is 0.102. The summed E-state index contributed by atoms with van der Waals surface area (Å²) in [6.07, 6.45) is 2.47. The summed E-state index contributed by atoms with van der Waals surface area (Å²) < 4.78 is 26.9. The molecule has 7 nitrogen and oxygen atoms in total. The van der Waals surface area contributed by atoms with E-state index in [2.05, 4.69) is 20.0 Å². The maximum Gasteiger partial charge on any atom is 0.264 e. The molecule has 9 heteroatoms. The van der Waals surface area contributed by atoms with Crippen LogP contribution in [0.4, 0.5) is 11.6 Å². The van der Waals surface area contributed by atoms with E-state index in [0.717, 1.165) is 5.56 Å². The van der Waals surface area contributed by atoms with E-state index in [1.54, 1.807) is 36.4 Å². The Labute approximate surface area is 161 Å². The Morgan fingerprint density at radius 3 is 2.33 bits per heavy atom. The monoisotopic (exact) mass is 402 g/mol. The molecule has 1 amide bonds. The van der Waals surface area contributed by atoms with Gasteiger partial charge in [-0.2, -0.15) is 0 Å². The van der Waals surface area contributed by atoms with Crippen molar-refractivity contribution in [3.8, 4) is 0 Å². The van der Waals surface area contributed by atoms with Gasteiger partial charge in [-0.25, -0.2) is 23.1 Å². The van der Waals surface area contributed by atoms with Gasteiger partial charge in [0, 0.05) is 23.1 Å². The van der Waals surface area contributed by atoms with Gasteiger partial charge >= 0.3 is 0 Å². The summed E-state index contributed by atoms with van der Waals surface area (Å²) in [5, 5.41) is 3.15. The number of rotatable bonds is 5. The number of carbonyl (C=O) groups excluding carboxylic acids is 1. The summed E-state index contributed by atoms with van der Waals surface area (Å²) in [4.78, 5) is 20.1. The Balaban J connectivity index is 1.71. The number of sulfonamides is 1. The molecule has 1 heterocycles. The van der Waals surface area contributed by atoms with Crippen LogP contribution < -0.4 is 10.0 Å². The minimum atomic E-state index is -3.81. The van der Waals surface area contributed by atoms with Crippen molar-refractivity contribution in [3.63, 3.8) is 0 Å². The highest BCUT2D eigenvalue weighted by atomic mass is 35.5. The Bertz CT molecular complexity index is 1070. The molecule has 3 aromatic rings. The number of carbonyl (C=O) groups is 1. The first kappa shape index (κ1) is 18.8. The maximum absolute atomic E-state index is 12.3. The number of aryl methyl sites for hydroxylation is 1. The molecule has 2 N–H and O–H groups in total. The first-order valence-electron chi connectivity index (χ1n) is 7.82. The molecule has 0 bridgehead atoms. The van der Waals surface area contributed by atoms with Gasteiger partial charge in [0.2, 0.25) is 5.95 Å². The zero-order valence-corrected chi connectivity index (χ0v) is 15.8. The molecule has 3 rings (SSSR count). The largest absolute Gasteiger partial charge is 0.322 e. The van der Waals surface area contributed by atoms with Crippen molar-refractivity contribution in [2.75, 3.05) is 10.0 Å². The summed E-state index contributed by atoms with van der Waals surface area (Å²) in [6, 6.07) is 13.1. The minimum absolute atomic E-state index is 0.0967. The molecule has 0 aliphatic carbocycles. The molecule has 0 atom stereocenters. The van der Waals surface area contributed by atoms with Crippen molar-refractivity contribution in [1.82, 2.24) is 9.97 Å². The Hall–Kier alpha value is -2.97. The highest BCUT2D eigenvalue weighted by molar-refractivity contribution is 7.92. The number of amides is 1. The van der Waals surface area contributed by atoms with Crippen LogP contribution in [-0.2, 0) is 10.0 Å². The SMILES string of the molecule is Cc1ccc(S(=O)(=O)Nc2ncc(C(=O)Nc3cccc(Cl)c3)cn2)cc1. The fraction of sp³-hybridized carbons (Fsp3) is 0.0556. The molecular formula is C18H15ClN4O3S. The smallest absolute Gasteiger partial charge is 0.264 e. The second kappa shape index (κ2) is 7.73. The van der Waals surface area contributed by atoms with Gasteiger partial charge < -0.3 is 5.32 Å². The quantitative estimate of drug-likeness (QED) is 0.680. The first-order valence-corrected chi connectivity index (χ1v) is 9.68. The number of benzene rings is 2. The second-order valence-corrected chi connectivity index (χ2v) is 7.80. The fourth-order valence-corrected chi connectivity index (χ4v) is 3.31. The zero-order valence-electron chi connectivity index (χ0n) is 14.2. The highest BCUT2D eigenvalue weighted by Crippen LogP contribution is 2.16. The van der Waals surface area contributed by atoms with Crippen molar-refractivity contribution in [2.45, 2.75) is 11.8 Å². The molecule has 0 radical (unpaired) electrons. The van der Waals surface area contributed by atoms with Crippen LogP contribution >= 0.6 is 11.6 Å². The van der Waals surface area contributed by atoms with Crippen molar-refractivity contribution in [2.24, 2.45) is 0 Å². The van der Waals surface area contributed by atoms with Crippen molar-refractivity contribution < 1.29 is 13.2 Å². The molecule has 1 aromatic heterocycles. The van der Waals surface area contributed by atoms with Crippen LogP contribution in [0.15, 0.2) is 65.8 Å². The van der Waals surface area contributed by atoms with Gasteiger partial charge in [-0.1, -0.05) is 35.4 Å². The van der Waals surface area contributed by atoms with Gasteiger partial charge in [0.25, 0.3) is 15.9 Å². The molecule has 0 unspecified atom stereocenters. The molecule has 138 valence electrons. The van der Waals surface area contributed by atoms with E-state index in [0.29, 0.717) is 10.7 Å². The molecule has 0 aliphatic heterocycles. The average Bonchev–Trinajstić information content (AvgIpc) is 2.62. The average molecular weight is 403 g/mol. The lowest BCUT2D eigenvalue weighted by Gasteiger charge is -2.08. The molecule has 0 saturated heterocycles. The van der Waals surface area contributed by atoms with Crippen molar-refractivity contribution >= 4 is 39.2 Å². The number of halogens is 1. The number of anilines is 2. The summed E-state index contributed by atoms with van der Waals surface area (Å²) >= 11 is 5.87. The van der Waals surface area contributed by atoms with Crippen LogP contribution in [0.1, 0.15) is 15.9 Å². The van der Waals surface area contributed by atoms with Gasteiger partial charge in [0.05, 0.1) is 10.5 Å². The summed E-state index contributed by atoms with van der Waals surface area (Å²) in [6.45, 7) is 1.86.